The van der Waals surface area contributed by atoms with Crippen LogP contribution in [0.1, 0.15) is 187 Å². The fourth-order valence-electron chi connectivity index (χ4n) is 6.93. The molecule has 344 valence electrons. The van der Waals surface area contributed by atoms with E-state index in [1.165, 1.54) is 77.0 Å². The molecule has 12 nitrogen and oxygen atoms in total. The van der Waals surface area contributed by atoms with Crippen molar-refractivity contribution in [2.75, 3.05) is 19.0 Å². The van der Waals surface area contributed by atoms with Crippen molar-refractivity contribution in [2.45, 2.75) is 224 Å². The summed E-state index contributed by atoms with van der Waals surface area (Å²) in [5.74, 6) is -2.00. The molecule has 1 saturated heterocycles. The van der Waals surface area contributed by atoms with Gasteiger partial charge in [0.2, 0.25) is 0 Å². The number of unbranched alkanes of at least 4 members (excludes halogenated alkanes) is 20. The second kappa shape index (κ2) is 36.5. The van der Waals surface area contributed by atoms with E-state index in [2.05, 4.69) is 50.3 Å². The van der Waals surface area contributed by atoms with Gasteiger partial charge in [0, 0.05) is 12.8 Å². The molecule has 6 atom stereocenters. The SMILES string of the molecule is CC/C=C/C/C=C/C/C=C/CCCCCCCC(=O)O[C@H](COC(=O)CCCCCCCCCCCCCCCCCC)CO[C@H]1O[C@H](CS(=O)(=O)O)[C@@H](O)C(O)C1O. The predicted octanol–water partition coefficient (Wildman–Crippen LogP) is 9.39. The Morgan fingerprint density at radius 3 is 1.59 bits per heavy atom. The highest BCUT2D eigenvalue weighted by Gasteiger charge is 2.46. The Kier molecular flexibility index (Phi) is 34.0. The van der Waals surface area contributed by atoms with Crippen LogP contribution < -0.4 is 0 Å². The van der Waals surface area contributed by atoms with Gasteiger partial charge in [-0.05, 0) is 44.9 Å². The first-order valence-corrected chi connectivity index (χ1v) is 24.7. The largest absolute Gasteiger partial charge is 0.462 e. The van der Waals surface area contributed by atoms with E-state index >= 15 is 0 Å². The summed E-state index contributed by atoms with van der Waals surface area (Å²) < 4.78 is 54.1. The van der Waals surface area contributed by atoms with E-state index in [0.717, 1.165) is 70.6 Å². The summed E-state index contributed by atoms with van der Waals surface area (Å²) in [4.78, 5) is 25.4. The molecule has 1 fully saturated rings. The molecule has 0 amide bonds. The first-order valence-electron chi connectivity index (χ1n) is 23.0. The fourth-order valence-corrected chi connectivity index (χ4v) is 7.62. The van der Waals surface area contributed by atoms with Crippen molar-refractivity contribution in [1.82, 2.24) is 0 Å². The molecular formula is C46H82O12S. The zero-order chi connectivity index (χ0) is 43.4. The van der Waals surface area contributed by atoms with Crippen molar-refractivity contribution in [3.8, 4) is 0 Å². The normalized spacial score (nSPS) is 20.5. The molecule has 4 N–H and O–H groups in total. The van der Waals surface area contributed by atoms with Crippen LogP contribution in [0.4, 0.5) is 0 Å². The average molecular weight is 859 g/mol. The lowest BCUT2D eigenvalue weighted by Crippen LogP contribution is -2.60. The maximum Gasteiger partial charge on any atom is 0.306 e. The van der Waals surface area contributed by atoms with Crippen LogP contribution in [0, 0.1) is 0 Å². The highest BCUT2D eigenvalue weighted by Crippen LogP contribution is 2.24. The molecule has 1 aliphatic rings. The number of hydrogen-bond acceptors (Lipinski definition) is 11. The molecule has 1 rings (SSSR count). The Labute approximate surface area is 357 Å². The fraction of sp³-hybridized carbons (Fsp3) is 0.826. The maximum absolute atomic E-state index is 12.8. The maximum atomic E-state index is 12.8. The van der Waals surface area contributed by atoms with E-state index < -0.39 is 71.2 Å². The van der Waals surface area contributed by atoms with Gasteiger partial charge in [-0.3, -0.25) is 14.1 Å². The summed E-state index contributed by atoms with van der Waals surface area (Å²) in [6.45, 7) is 3.64. The predicted molar refractivity (Wildman–Crippen MR) is 233 cm³/mol. The molecule has 0 bridgehead atoms. The molecule has 0 aromatic heterocycles. The Hall–Kier alpha value is -2.13. The van der Waals surface area contributed by atoms with Crippen LogP contribution in [-0.2, 0) is 38.7 Å². The summed E-state index contributed by atoms with van der Waals surface area (Å²) in [5, 5.41) is 30.9. The van der Waals surface area contributed by atoms with Gasteiger partial charge in [-0.25, -0.2) is 0 Å². The number of rotatable bonds is 38. The van der Waals surface area contributed by atoms with Gasteiger partial charge in [-0.1, -0.05) is 166 Å². The van der Waals surface area contributed by atoms with Gasteiger partial charge in [0.05, 0.1) is 6.61 Å². The molecule has 1 aliphatic heterocycles. The monoisotopic (exact) mass is 859 g/mol. The molecule has 59 heavy (non-hydrogen) atoms. The van der Waals surface area contributed by atoms with E-state index in [1.54, 1.807) is 0 Å². The van der Waals surface area contributed by atoms with Crippen molar-refractivity contribution in [2.24, 2.45) is 0 Å². The van der Waals surface area contributed by atoms with Crippen molar-refractivity contribution in [3.63, 3.8) is 0 Å². The van der Waals surface area contributed by atoms with Gasteiger partial charge < -0.3 is 34.3 Å². The first-order chi connectivity index (χ1) is 28.5. The van der Waals surface area contributed by atoms with Crippen LogP contribution in [0.25, 0.3) is 0 Å². The van der Waals surface area contributed by atoms with E-state index in [1.807, 2.05) is 0 Å². The lowest BCUT2D eigenvalue weighted by Gasteiger charge is -2.40. The van der Waals surface area contributed by atoms with Crippen LogP contribution in [-0.4, -0.2) is 96.0 Å². The molecule has 0 radical (unpaired) electrons. The number of ether oxygens (including phenoxy) is 4. The van der Waals surface area contributed by atoms with Gasteiger partial charge in [0.25, 0.3) is 10.1 Å². The van der Waals surface area contributed by atoms with E-state index in [4.69, 9.17) is 18.9 Å². The first kappa shape index (κ1) is 54.9. The summed E-state index contributed by atoms with van der Waals surface area (Å²) in [6.07, 6.45) is 31.9. The summed E-state index contributed by atoms with van der Waals surface area (Å²) in [5.41, 5.74) is 0. The van der Waals surface area contributed by atoms with Gasteiger partial charge in [0.15, 0.2) is 12.4 Å². The molecule has 13 heteroatoms. The Morgan fingerprint density at radius 1 is 0.593 bits per heavy atom. The molecule has 0 saturated carbocycles. The Morgan fingerprint density at radius 2 is 1.07 bits per heavy atom. The highest BCUT2D eigenvalue weighted by atomic mass is 32.2. The molecule has 2 unspecified atom stereocenters. The molecular weight excluding hydrogens is 777 g/mol. The van der Waals surface area contributed by atoms with E-state index in [9.17, 15) is 37.9 Å². The number of carbonyl (C=O) groups is 2. The van der Waals surface area contributed by atoms with Gasteiger partial charge >= 0.3 is 11.9 Å². The third-order valence-electron chi connectivity index (χ3n) is 10.5. The smallest absolute Gasteiger partial charge is 0.306 e. The highest BCUT2D eigenvalue weighted by molar-refractivity contribution is 7.85. The quantitative estimate of drug-likeness (QED) is 0.0200. The molecule has 1 heterocycles. The molecule has 0 spiro atoms. The molecule has 0 aliphatic carbocycles. The Bertz CT molecular complexity index is 1240. The lowest BCUT2D eigenvalue weighted by atomic mass is 10.00. The van der Waals surface area contributed by atoms with Gasteiger partial charge in [-0.2, -0.15) is 8.42 Å². The van der Waals surface area contributed by atoms with Crippen LogP contribution in [0.5, 0.6) is 0 Å². The number of aliphatic hydroxyl groups excluding tert-OH is 3. The number of allylic oxidation sites excluding steroid dienone is 6. The number of esters is 2. The zero-order valence-electron chi connectivity index (χ0n) is 36.6. The molecule has 0 aromatic carbocycles. The Balaban J connectivity index is 2.44. The third kappa shape index (κ3) is 31.4. The standard InChI is InChI=1S/C46H82O12S/c1-3-5-7-9-11-13-15-17-19-21-22-24-26-28-30-32-34-41(47)55-36-39(37-56-46-45(51)44(50)43(49)40(58-46)38-59(52,53)54)57-42(48)35-33-31-29-27-25-23-20-18-16-14-12-10-8-6-4-2/h6,8,12,14,18,20,39-40,43-46,49-51H,3-5,7,9-11,13,15-17,19,21-38H2,1-2H3,(H,52,53,54)/b8-6+,14-12+,20-18+/t39-,40-,43-,44?,45?,46+/m1/s1. The molecule has 0 aromatic rings. The average Bonchev–Trinajstić information content (AvgIpc) is 3.20. The third-order valence-corrected chi connectivity index (χ3v) is 11.2. The van der Waals surface area contributed by atoms with Crippen LogP contribution in [0.2, 0.25) is 0 Å². The number of hydrogen-bond donors (Lipinski definition) is 4. The van der Waals surface area contributed by atoms with Gasteiger partial charge in [-0.15, -0.1) is 0 Å². The van der Waals surface area contributed by atoms with E-state index in [-0.39, 0.29) is 19.4 Å². The summed E-state index contributed by atoms with van der Waals surface area (Å²) in [6, 6.07) is 0. The summed E-state index contributed by atoms with van der Waals surface area (Å²) >= 11 is 0. The minimum absolute atomic E-state index is 0.146. The number of carbonyl (C=O) groups excluding carboxylic acids is 2. The topological polar surface area (TPSA) is 186 Å². The minimum Gasteiger partial charge on any atom is -0.462 e. The van der Waals surface area contributed by atoms with Crippen molar-refractivity contribution in [3.05, 3.63) is 36.5 Å². The zero-order valence-corrected chi connectivity index (χ0v) is 37.4. The van der Waals surface area contributed by atoms with Crippen LogP contribution >= 0.6 is 0 Å². The minimum atomic E-state index is -4.60. The van der Waals surface area contributed by atoms with Crippen LogP contribution in [0.3, 0.4) is 0 Å². The van der Waals surface area contributed by atoms with Crippen LogP contribution in [0.15, 0.2) is 36.5 Å². The van der Waals surface area contributed by atoms with Crippen molar-refractivity contribution >= 4 is 22.1 Å². The second-order valence-electron chi connectivity index (χ2n) is 16.0. The second-order valence-corrected chi connectivity index (χ2v) is 17.5. The van der Waals surface area contributed by atoms with E-state index in [0.29, 0.717) is 12.8 Å². The van der Waals surface area contributed by atoms with Gasteiger partial charge in [0.1, 0.15) is 36.8 Å². The van der Waals surface area contributed by atoms with Crippen molar-refractivity contribution in [1.29, 1.82) is 0 Å². The summed E-state index contributed by atoms with van der Waals surface area (Å²) in [7, 11) is -4.60. The van der Waals surface area contributed by atoms with Crippen molar-refractivity contribution < 1.29 is 56.8 Å². The lowest BCUT2D eigenvalue weighted by molar-refractivity contribution is -0.297. The number of aliphatic hydroxyl groups is 3.